The molecule has 0 saturated heterocycles. The minimum Gasteiger partial charge on any atom is -0.490 e. The van der Waals surface area contributed by atoms with Crippen molar-refractivity contribution in [1.29, 1.82) is 0 Å². The number of ether oxygens (including phenoxy) is 2. The minimum atomic E-state index is 0. The van der Waals surface area contributed by atoms with Crippen LogP contribution in [0.3, 0.4) is 0 Å². The molecule has 0 unspecified atom stereocenters. The fourth-order valence-corrected chi connectivity index (χ4v) is 2.82. The number of guanidine groups is 1. The van der Waals surface area contributed by atoms with Gasteiger partial charge in [0.2, 0.25) is 0 Å². The molecule has 0 fully saturated rings. The molecular formula is C20H22IN5O2. The first-order valence-corrected chi connectivity index (χ1v) is 8.83. The molecule has 1 aliphatic rings. The van der Waals surface area contributed by atoms with Crippen molar-refractivity contribution < 1.29 is 9.47 Å². The smallest absolute Gasteiger partial charge is 0.193 e. The van der Waals surface area contributed by atoms with E-state index in [0.29, 0.717) is 25.7 Å². The Kier molecular flexibility index (Phi) is 6.75. The number of halogens is 1. The first-order chi connectivity index (χ1) is 13.3. The SMILES string of the molecule is I.NC(=NCc1cccc(-n2cccn2)c1)Nc1ccc2c(c1)OCCCO2. The molecule has 28 heavy (non-hydrogen) atoms. The number of fused-ring (bicyclic) bond motifs is 1. The van der Waals surface area contributed by atoms with Crippen LogP contribution in [-0.2, 0) is 6.54 Å². The molecular weight excluding hydrogens is 469 g/mol. The second-order valence-electron chi connectivity index (χ2n) is 6.16. The maximum atomic E-state index is 6.04. The summed E-state index contributed by atoms with van der Waals surface area (Å²) in [6, 6.07) is 15.6. The number of anilines is 1. The molecule has 146 valence electrons. The van der Waals surface area contributed by atoms with Crippen molar-refractivity contribution in [2.75, 3.05) is 18.5 Å². The third kappa shape index (κ3) is 4.94. The van der Waals surface area contributed by atoms with Gasteiger partial charge in [-0.2, -0.15) is 5.10 Å². The molecule has 0 radical (unpaired) electrons. The number of nitrogens with one attached hydrogen (secondary N) is 1. The van der Waals surface area contributed by atoms with Gasteiger partial charge in [-0.05, 0) is 35.9 Å². The molecule has 2 heterocycles. The number of rotatable bonds is 4. The van der Waals surface area contributed by atoms with Gasteiger partial charge in [0.15, 0.2) is 17.5 Å². The largest absolute Gasteiger partial charge is 0.490 e. The Hall–Kier alpha value is -2.75. The van der Waals surface area contributed by atoms with Crippen molar-refractivity contribution in [3.05, 3.63) is 66.5 Å². The Morgan fingerprint density at radius 1 is 1.11 bits per heavy atom. The van der Waals surface area contributed by atoms with Crippen LogP contribution in [0.4, 0.5) is 5.69 Å². The first-order valence-electron chi connectivity index (χ1n) is 8.83. The predicted molar refractivity (Wildman–Crippen MR) is 120 cm³/mol. The van der Waals surface area contributed by atoms with Crippen LogP contribution in [0.25, 0.3) is 5.69 Å². The zero-order valence-corrected chi connectivity index (χ0v) is 17.6. The average molecular weight is 491 g/mol. The predicted octanol–water partition coefficient (Wildman–Crippen LogP) is 3.58. The summed E-state index contributed by atoms with van der Waals surface area (Å²) in [5.41, 5.74) is 8.89. The van der Waals surface area contributed by atoms with Gasteiger partial charge in [-0.1, -0.05) is 12.1 Å². The lowest BCUT2D eigenvalue weighted by atomic mass is 10.2. The normalized spacial score (nSPS) is 13.4. The van der Waals surface area contributed by atoms with Gasteiger partial charge in [0.1, 0.15) is 0 Å². The zero-order chi connectivity index (χ0) is 18.5. The van der Waals surface area contributed by atoms with E-state index in [9.17, 15) is 0 Å². The summed E-state index contributed by atoms with van der Waals surface area (Å²) >= 11 is 0. The summed E-state index contributed by atoms with van der Waals surface area (Å²) in [7, 11) is 0. The minimum absolute atomic E-state index is 0. The average Bonchev–Trinajstić information content (AvgIpc) is 3.13. The van der Waals surface area contributed by atoms with Crippen LogP contribution >= 0.6 is 24.0 Å². The van der Waals surface area contributed by atoms with Crippen LogP contribution in [-0.4, -0.2) is 29.0 Å². The van der Waals surface area contributed by atoms with Gasteiger partial charge in [0.05, 0.1) is 25.4 Å². The van der Waals surface area contributed by atoms with Crippen molar-refractivity contribution in [3.63, 3.8) is 0 Å². The second kappa shape index (κ2) is 9.45. The van der Waals surface area contributed by atoms with Crippen LogP contribution in [0.2, 0.25) is 0 Å². The number of benzene rings is 2. The quantitative estimate of drug-likeness (QED) is 0.331. The Morgan fingerprint density at radius 3 is 2.79 bits per heavy atom. The van der Waals surface area contributed by atoms with E-state index >= 15 is 0 Å². The number of hydrogen-bond acceptors (Lipinski definition) is 4. The van der Waals surface area contributed by atoms with Crippen LogP contribution in [0.5, 0.6) is 11.5 Å². The summed E-state index contributed by atoms with van der Waals surface area (Å²) in [6.07, 6.45) is 4.53. The lowest BCUT2D eigenvalue weighted by Crippen LogP contribution is -2.22. The molecule has 0 saturated carbocycles. The molecule has 8 heteroatoms. The fraction of sp³-hybridized carbons (Fsp3) is 0.200. The topological polar surface area (TPSA) is 86.7 Å². The number of aliphatic imine (C=N–C) groups is 1. The summed E-state index contributed by atoms with van der Waals surface area (Å²) in [4.78, 5) is 4.42. The number of hydrogen-bond donors (Lipinski definition) is 2. The maximum absolute atomic E-state index is 6.04. The van der Waals surface area contributed by atoms with Crippen molar-refractivity contribution >= 4 is 35.6 Å². The van der Waals surface area contributed by atoms with Crippen molar-refractivity contribution in [2.45, 2.75) is 13.0 Å². The second-order valence-corrected chi connectivity index (χ2v) is 6.16. The van der Waals surface area contributed by atoms with E-state index in [4.69, 9.17) is 15.2 Å². The maximum Gasteiger partial charge on any atom is 0.193 e. The van der Waals surface area contributed by atoms with E-state index in [1.54, 1.807) is 6.20 Å². The van der Waals surface area contributed by atoms with Crippen molar-refractivity contribution in [2.24, 2.45) is 10.7 Å². The van der Waals surface area contributed by atoms with E-state index in [-0.39, 0.29) is 24.0 Å². The van der Waals surface area contributed by atoms with Gasteiger partial charge < -0.3 is 20.5 Å². The molecule has 2 aromatic carbocycles. The molecule has 0 amide bonds. The van der Waals surface area contributed by atoms with Gasteiger partial charge in [-0.3, -0.25) is 0 Å². The molecule has 1 aromatic heterocycles. The molecule has 0 atom stereocenters. The van der Waals surface area contributed by atoms with E-state index in [2.05, 4.69) is 15.4 Å². The molecule has 0 spiro atoms. The standard InChI is InChI=1S/C20H21N5O2.HI/c21-20(24-16-6-7-18-19(13-16)27-11-3-10-26-18)22-14-15-4-1-5-17(12-15)25-9-2-8-23-25;/h1-2,4-9,12-13H,3,10-11,14H2,(H3,21,22,24);1H. The van der Waals surface area contributed by atoms with Crippen molar-refractivity contribution in [1.82, 2.24) is 9.78 Å². The van der Waals surface area contributed by atoms with E-state index in [1.807, 2.05) is 59.4 Å². The number of aromatic nitrogens is 2. The lowest BCUT2D eigenvalue weighted by molar-refractivity contribution is 0.297. The van der Waals surface area contributed by atoms with Crippen LogP contribution in [0, 0.1) is 0 Å². The Balaban J connectivity index is 0.00000225. The monoisotopic (exact) mass is 491 g/mol. The molecule has 3 aromatic rings. The van der Waals surface area contributed by atoms with E-state index in [0.717, 1.165) is 34.9 Å². The number of nitrogens with two attached hydrogens (primary N) is 1. The molecule has 0 aliphatic carbocycles. The van der Waals surface area contributed by atoms with Gasteiger partial charge >= 0.3 is 0 Å². The molecule has 7 nitrogen and oxygen atoms in total. The van der Waals surface area contributed by atoms with E-state index < -0.39 is 0 Å². The third-order valence-electron chi connectivity index (χ3n) is 4.13. The fourth-order valence-electron chi connectivity index (χ4n) is 2.82. The molecule has 3 N–H and O–H groups in total. The highest BCUT2D eigenvalue weighted by Crippen LogP contribution is 2.32. The Morgan fingerprint density at radius 2 is 1.96 bits per heavy atom. The Bertz CT molecular complexity index is 944. The van der Waals surface area contributed by atoms with Crippen LogP contribution in [0.1, 0.15) is 12.0 Å². The Labute approximate surface area is 180 Å². The summed E-state index contributed by atoms with van der Waals surface area (Å²) in [5, 5.41) is 7.34. The molecule has 4 rings (SSSR count). The van der Waals surface area contributed by atoms with Crippen molar-refractivity contribution in [3.8, 4) is 17.2 Å². The zero-order valence-electron chi connectivity index (χ0n) is 15.2. The first kappa shape index (κ1) is 20.0. The third-order valence-corrected chi connectivity index (χ3v) is 4.13. The van der Waals surface area contributed by atoms with E-state index in [1.165, 1.54) is 0 Å². The van der Waals surface area contributed by atoms with Gasteiger partial charge in [-0.15, -0.1) is 24.0 Å². The highest BCUT2D eigenvalue weighted by Gasteiger charge is 2.10. The summed E-state index contributed by atoms with van der Waals surface area (Å²) in [6.45, 7) is 1.78. The molecule has 0 bridgehead atoms. The summed E-state index contributed by atoms with van der Waals surface area (Å²) in [5.74, 6) is 1.82. The molecule has 1 aliphatic heterocycles. The lowest BCUT2D eigenvalue weighted by Gasteiger charge is -2.11. The van der Waals surface area contributed by atoms with Gasteiger partial charge in [0.25, 0.3) is 0 Å². The van der Waals surface area contributed by atoms with Crippen LogP contribution in [0.15, 0.2) is 65.9 Å². The summed E-state index contributed by atoms with van der Waals surface area (Å²) < 4.78 is 13.1. The van der Waals surface area contributed by atoms with Gasteiger partial charge in [-0.25, -0.2) is 9.67 Å². The number of nitrogens with zero attached hydrogens (tertiary/aromatic N) is 3. The highest BCUT2D eigenvalue weighted by molar-refractivity contribution is 14.0. The highest BCUT2D eigenvalue weighted by atomic mass is 127. The van der Waals surface area contributed by atoms with Crippen LogP contribution < -0.4 is 20.5 Å². The van der Waals surface area contributed by atoms with Gasteiger partial charge in [0, 0.05) is 30.6 Å².